The number of amides is 1. The second-order valence-corrected chi connectivity index (χ2v) is 7.81. The third kappa shape index (κ3) is 5.32. The molecule has 0 unspecified atom stereocenters. The highest BCUT2D eigenvalue weighted by atomic mass is 32.2. The van der Waals surface area contributed by atoms with Gasteiger partial charge in [0.05, 0.1) is 4.90 Å². The lowest BCUT2D eigenvalue weighted by Gasteiger charge is -2.21. The summed E-state index contributed by atoms with van der Waals surface area (Å²) in [5, 5.41) is 3.08. The van der Waals surface area contributed by atoms with Crippen LogP contribution in [0.2, 0.25) is 0 Å². The number of benzene rings is 1. The highest BCUT2D eigenvalue weighted by Crippen LogP contribution is 2.18. The van der Waals surface area contributed by atoms with Crippen molar-refractivity contribution < 1.29 is 13.2 Å². The molecule has 1 aromatic rings. The summed E-state index contributed by atoms with van der Waals surface area (Å²) in [6.45, 7) is 2.07. The molecule has 0 spiro atoms. The molecule has 0 saturated heterocycles. The molecular weight excluding hydrogens is 312 g/mol. The summed E-state index contributed by atoms with van der Waals surface area (Å²) in [4.78, 5) is 12.5. The number of sulfonamides is 1. The van der Waals surface area contributed by atoms with E-state index in [0.717, 1.165) is 25.7 Å². The van der Waals surface area contributed by atoms with Gasteiger partial charge in [-0.15, -0.1) is 0 Å². The normalized spacial score (nSPS) is 17.3. The van der Waals surface area contributed by atoms with Crippen LogP contribution in [0.15, 0.2) is 29.2 Å². The number of nitrogens with one attached hydrogen (secondary N) is 2. The molecule has 0 aromatic heterocycles. The molecule has 1 aliphatic carbocycles. The van der Waals surface area contributed by atoms with Crippen LogP contribution in [-0.2, 0) is 10.0 Å². The van der Waals surface area contributed by atoms with E-state index < -0.39 is 10.0 Å². The van der Waals surface area contributed by atoms with Gasteiger partial charge >= 0.3 is 0 Å². The van der Waals surface area contributed by atoms with Crippen LogP contribution in [0.1, 0.15) is 62.2 Å². The van der Waals surface area contributed by atoms with Crippen LogP contribution in [0.4, 0.5) is 0 Å². The largest absolute Gasteiger partial charge is 0.349 e. The highest BCUT2D eigenvalue weighted by Gasteiger charge is 2.17. The van der Waals surface area contributed by atoms with Crippen molar-refractivity contribution in [2.45, 2.75) is 62.8 Å². The first-order chi connectivity index (χ1) is 11.0. The molecule has 2 rings (SSSR count). The third-order valence-electron chi connectivity index (χ3n) is 4.20. The first-order valence-electron chi connectivity index (χ1n) is 8.43. The van der Waals surface area contributed by atoms with E-state index in [1.165, 1.54) is 31.4 Å². The maximum Gasteiger partial charge on any atom is 0.251 e. The number of carbonyl (C=O) groups is 1. The highest BCUT2D eigenvalue weighted by molar-refractivity contribution is 7.89. The fourth-order valence-corrected chi connectivity index (χ4v) is 3.97. The summed E-state index contributed by atoms with van der Waals surface area (Å²) >= 11 is 0. The molecule has 1 fully saturated rings. The van der Waals surface area contributed by atoms with Crippen molar-refractivity contribution in [1.82, 2.24) is 10.0 Å². The van der Waals surface area contributed by atoms with E-state index in [2.05, 4.69) is 10.0 Å². The monoisotopic (exact) mass is 338 g/mol. The average molecular weight is 338 g/mol. The molecule has 0 atom stereocenters. The first-order valence-corrected chi connectivity index (χ1v) is 9.92. The van der Waals surface area contributed by atoms with E-state index >= 15 is 0 Å². The first kappa shape index (κ1) is 17.9. The topological polar surface area (TPSA) is 75.3 Å². The predicted octanol–water partition coefficient (Wildman–Crippen LogP) is 2.83. The van der Waals surface area contributed by atoms with Crippen LogP contribution in [0, 0.1) is 0 Å². The van der Waals surface area contributed by atoms with Crippen LogP contribution < -0.4 is 10.0 Å². The van der Waals surface area contributed by atoms with Gasteiger partial charge in [0.25, 0.3) is 5.91 Å². The zero-order chi connectivity index (χ0) is 16.7. The Morgan fingerprint density at radius 3 is 2.17 bits per heavy atom. The molecule has 1 amide bonds. The molecule has 1 aliphatic rings. The molecule has 0 bridgehead atoms. The van der Waals surface area contributed by atoms with E-state index in [1.807, 2.05) is 0 Å². The average Bonchev–Trinajstić information content (AvgIpc) is 2.50. The van der Waals surface area contributed by atoms with E-state index in [9.17, 15) is 13.2 Å². The number of carbonyl (C=O) groups excluding carboxylic acids is 1. The molecular formula is C17H26N2O3S. The second-order valence-electron chi connectivity index (χ2n) is 6.04. The summed E-state index contributed by atoms with van der Waals surface area (Å²) in [5.41, 5.74) is 0.502. The van der Waals surface area contributed by atoms with Gasteiger partial charge in [-0.25, -0.2) is 13.1 Å². The minimum absolute atomic E-state index is 0.122. The molecule has 128 valence electrons. The SMILES string of the molecule is CCNS(=O)(=O)c1ccc(C(=O)NC2CCCCCCC2)cc1. The molecule has 0 aliphatic heterocycles. The Morgan fingerprint density at radius 1 is 1.04 bits per heavy atom. The molecule has 23 heavy (non-hydrogen) atoms. The second kappa shape index (κ2) is 8.45. The smallest absolute Gasteiger partial charge is 0.251 e. The van der Waals surface area contributed by atoms with Crippen LogP contribution in [0.5, 0.6) is 0 Å². The Balaban J connectivity index is 1.99. The van der Waals surface area contributed by atoms with E-state index in [1.54, 1.807) is 19.1 Å². The van der Waals surface area contributed by atoms with Gasteiger partial charge in [0.15, 0.2) is 0 Å². The maximum atomic E-state index is 12.3. The zero-order valence-corrected chi connectivity index (χ0v) is 14.5. The van der Waals surface area contributed by atoms with Gasteiger partial charge in [-0.3, -0.25) is 4.79 Å². The van der Waals surface area contributed by atoms with Crippen LogP contribution >= 0.6 is 0 Å². The lowest BCUT2D eigenvalue weighted by Crippen LogP contribution is -2.35. The molecule has 5 nitrogen and oxygen atoms in total. The summed E-state index contributed by atoms with van der Waals surface area (Å²) in [5.74, 6) is -0.122. The van der Waals surface area contributed by atoms with E-state index in [4.69, 9.17) is 0 Å². The van der Waals surface area contributed by atoms with Crippen LogP contribution in [0.25, 0.3) is 0 Å². The van der Waals surface area contributed by atoms with Gasteiger partial charge < -0.3 is 5.32 Å². The van der Waals surface area contributed by atoms with Gasteiger partial charge in [-0.05, 0) is 37.1 Å². The number of rotatable bonds is 5. The summed E-state index contributed by atoms with van der Waals surface area (Å²) < 4.78 is 26.2. The van der Waals surface area contributed by atoms with Crippen molar-refractivity contribution in [2.24, 2.45) is 0 Å². The van der Waals surface area contributed by atoms with Crippen molar-refractivity contribution >= 4 is 15.9 Å². The van der Waals surface area contributed by atoms with E-state index in [-0.39, 0.29) is 16.8 Å². The minimum atomic E-state index is -3.47. The third-order valence-corrected chi connectivity index (χ3v) is 5.76. The van der Waals surface area contributed by atoms with E-state index in [0.29, 0.717) is 12.1 Å². The zero-order valence-electron chi connectivity index (χ0n) is 13.7. The lowest BCUT2D eigenvalue weighted by atomic mass is 9.96. The molecule has 2 N–H and O–H groups in total. The Bertz CT molecular complexity index is 603. The summed E-state index contributed by atoms with van der Waals surface area (Å²) in [7, 11) is -3.47. The van der Waals surface area contributed by atoms with Crippen LogP contribution in [-0.4, -0.2) is 26.9 Å². The molecule has 0 radical (unpaired) electrons. The molecule has 0 heterocycles. The Labute approximate surface area is 138 Å². The Hall–Kier alpha value is -1.40. The lowest BCUT2D eigenvalue weighted by molar-refractivity contribution is 0.0930. The Kier molecular flexibility index (Phi) is 6.59. The van der Waals surface area contributed by atoms with Crippen LogP contribution in [0.3, 0.4) is 0 Å². The van der Waals surface area contributed by atoms with Gasteiger partial charge in [-0.1, -0.05) is 39.0 Å². The number of hydrogen-bond acceptors (Lipinski definition) is 3. The van der Waals surface area contributed by atoms with Crippen molar-refractivity contribution in [2.75, 3.05) is 6.54 Å². The van der Waals surface area contributed by atoms with Crippen molar-refractivity contribution in [3.8, 4) is 0 Å². The standard InChI is InChI=1S/C17H26N2O3S/c1-2-18-23(21,22)16-12-10-14(11-13-16)17(20)19-15-8-6-4-3-5-7-9-15/h10-13,15,18H,2-9H2,1H3,(H,19,20). The maximum absolute atomic E-state index is 12.3. The fraction of sp³-hybridized carbons (Fsp3) is 0.588. The van der Waals surface area contributed by atoms with Gasteiger partial charge in [0.1, 0.15) is 0 Å². The minimum Gasteiger partial charge on any atom is -0.349 e. The fourth-order valence-electron chi connectivity index (χ4n) is 2.93. The predicted molar refractivity (Wildman–Crippen MR) is 90.9 cm³/mol. The number of hydrogen-bond donors (Lipinski definition) is 2. The van der Waals surface area contributed by atoms with Crippen molar-refractivity contribution in [1.29, 1.82) is 0 Å². The van der Waals surface area contributed by atoms with Gasteiger partial charge in [0.2, 0.25) is 10.0 Å². The Morgan fingerprint density at radius 2 is 1.61 bits per heavy atom. The van der Waals surface area contributed by atoms with Crippen molar-refractivity contribution in [3.05, 3.63) is 29.8 Å². The van der Waals surface area contributed by atoms with Gasteiger partial charge in [0, 0.05) is 18.2 Å². The molecule has 1 saturated carbocycles. The van der Waals surface area contributed by atoms with Gasteiger partial charge in [-0.2, -0.15) is 0 Å². The molecule has 1 aromatic carbocycles. The molecule has 6 heteroatoms. The quantitative estimate of drug-likeness (QED) is 0.867. The van der Waals surface area contributed by atoms with Crippen molar-refractivity contribution in [3.63, 3.8) is 0 Å². The summed E-state index contributed by atoms with van der Waals surface area (Å²) in [6, 6.07) is 6.33. The summed E-state index contributed by atoms with van der Waals surface area (Å²) in [6.07, 6.45) is 8.14.